The first kappa shape index (κ1) is 12.8. The van der Waals surface area contributed by atoms with Crippen LogP contribution >= 0.6 is 0 Å². The molecule has 0 N–H and O–H groups in total. The second-order valence-corrected chi connectivity index (χ2v) is 3.98. The fraction of sp³-hybridized carbons (Fsp3) is 0.571. The van der Waals surface area contributed by atoms with Crippen LogP contribution in [0.1, 0.15) is 45.4 Å². The van der Waals surface area contributed by atoms with Crippen LogP contribution in [0.15, 0.2) is 29.5 Å². The van der Waals surface area contributed by atoms with Crippen molar-refractivity contribution in [1.29, 1.82) is 0 Å². The van der Waals surface area contributed by atoms with Crippen LogP contribution in [-0.4, -0.2) is 12.6 Å². The maximum Gasteiger partial charge on any atom is 0.342 e. The fourth-order valence-corrected chi connectivity index (χ4v) is 1.86. The lowest BCUT2D eigenvalue weighted by Crippen LogP contribution is -2.07. The number of hydrogen-bond donors (Lipinski definition) is 0. The van der Waals surface area contributed by atoms with Crippen molar-refractivity contribution in [2.45, 2.75) is 45.4 Å². The van der Waals surface area contributed by atoms with Crippen molar-refractivity contribution in [3.63, 3.8) is 0 Å². The molecule has 88 valence electrons. The highest BCUT2D eigenvalue weighted by Crippen LogP contribution is 2.22. The molecule has 1 rings (SSSR count). The van der Waals surface area contributed by atoms with Gasteiger partial charge in [-0.2, -0.15) is 0 Å². The topological polar surface area (TPSA) is 26.3 Å². The van der Waals surface area contributed by atoms with Crippen molar-refractivity contribution >= 4 is 5.97 Å². The summed E-state index contributed by atoms with van der Waals surface area (Å²) in [5, 5.41) is 0. The molecule has 1 aliphatic rings. The summed E-state index contributed by atoms with van der Waals surface area (Å²) in [6, 6.07) is 0. The third-order valence-corrected chi connectivity index (χ3v) is 2.66. The maximum atomic E-state index is 11.6. The number of carbonyl (C=O) groups excluding carboxylic acids is 1. The van der Waals surface area contributed by atoms with Gasteiger partial charge < -0.3 is 4.74 Å². The quantitative estimate of drug-likeness (QED) is 0.313. The Balaban J connectivity index is 2.85. The molecule has 1 saturated carbocycles. The van der Waals surface area contributed by atoms with E-state index in [-0.39, 0.29) is 5.97 Å². The molecule has 0 aromatic heterocycles. The molecule has 0 aromatic rings. The van der Waals surface area contributed by atoms with Gasteiger partial charge in [-0.05, 0) is 38.2 Å². The Hall–Kier alpha value is -1.27. The zero-order chi connectivity index (χ0) is 11.8. The number of allylic oxidation sites excluding steroid dienone is 1. The first-order chi connectivity index (χ1) is 7.77. The summed E-state index contributed by atoms with van der Waals surface area (Å²) in [7, 11) is 0. The van der Waals surface area contributed by atoms with Crippen LogP contribution in [0.2, 0.25) is 0 Å². The van der Waals surface area contributed by atoms with Gasteiger partial charge in [0.05, 0.1) is 12.2 Å². The van der Waals surface area contributed by atoms with Gasteiger partial charge in [0.25, 0.3) is 0 Å². The molecule has 2 heteroatoms. The molecule has 16 heavy (non-hydrogen) atoms. The summed E-state index contributed by atoms with van der Waals surface area (Å²) < 4.78 is 5.00. The van der Waals surface area contributed by atoms with Gasteiger partial charge in [0, 0.05) is 6.42 Å². The van der Waals surface area contributed by atoms with Gasteiger partial charge in [0.15, 0.2) is 0 Å². The third kappa shape index (κ3) is 4.08. The van der Waals surface area contributed by atoms with Crippen LogP contribution in [0.4, 0.5) is 0 Å². The molecule has 0 amide bonds. The SMILES string of the molecule is C=CCC(=C=C1CCCCC1)C(=O)OCC. The van der Waals surface area contributed by atoms with Crippen LogP contribution in [0, 0.1) is 0 Å². The highest BCUT2D eigenvalue weighted by molar-refractivity contribution is 5.88. The van der Waals surface area contributed by atoms with Crippen LogP contribution in [0.5, 0.6) is 0 Å². The van der Waals surface area contributed by atoms with Crippen molar-refractivity contribution < 1.29 is 9.53 Å². The van der Waals surface area contributed by atoms with Gasteiger partial charge in [-0.25, -0.2) is 4.79 Å². The zero-order valence-corrected chi connectivity index (χ0v) is 10.1. The standard InChI is InChI=1S/C14H20O2/c1-3-8-13(14(15)16-4-2)11-12-9-6-5-7-10-12/h3H,1,4-10H2,2H3. The van der Waals surface area contributed by atoms with E-state index in [1.165, 1.54) is 24.8 Å². The van der Waals surface area contributed by atoms with Gasteiger partial charge in [-0.15, -0.1) is 12.3 Å². The van der Waals surface area contributed by atoms with Gasteiger partial charge in [-0.3, -0.25) is 0 Å². The summed E-state index contributed by atoms with van der Waals surface area (Å²) in [4.78, 5) is 11.6. The van der Waals surface area contributed by atoms with E-state index in [9.17, 15) is 4.79 Å². The Morgan fingerprint density at radius 3 is 2.69 bits per heavy atom. The molecular weight excluding hydrogens is 200 g/mol. The van der Waals surface area contributed by atoms with Gasteiger partial charge in [0.2, 0.25) is 0 Å². The molecule has 0 heterocycles. The normalized spacial score (nSPS) is 15.2. The first-order valence-corrected chi connectivity index (χ1v) is 6.03. The Labute approximate surface area is 97.7 Å². The minimum atomic E-state index is -0.250. The smallest absolute Gasteiger partial charge is 0.342 e. The van der Waals surface area contributed by atoms with E-state index >= 15 is 0 Å². The summed E-state index contributed by atoms with van der Waals surface area (Å²) in [5.41, 5.74) is 5.11. The Morgan fingerprint density at radius 1 is 1.44 bits per heavy atom. The van der Waals surface area contributed by atoms with E-state index < -0.39 is 0 Å². The Bertz CT molecular complexity index is 312. The minimum Gasteiger partial charge on any atom is -0.462 e. The summed E-state index contributed by atoms with van der Waals surface area (Å²) >= 11 is 0. The number of ether oxygens (including phenoxy) is 1. The third-order valence-electron chi connectivity index (χ3n) is 2.66. The number of esters is 1. The predicted octanol–water partition coefficient (Wildman–Crippen LogP) is 3.54. The number of carbonyl (C=O) groups is 1. The van der Waals surface area contributed by atoms with Gasteiger partial charge in [0.1, 0.15) is 0 Å². The summed E-state index contributed by atoms with van der Waals surface area (Å²) in [6.45, 7) is 5.89. The number of hydrogen-bond acceptors (Lipinski definition) is 2. The summed E-state index contributed by atoms with van der Waals surface area (Å²) in [6.07, 6.45) is 8.13. The molecule has 0 saturated heterocycles. The minimum absolute atomic E-state index is 0.250. The van der Waals surface area contributed by atoms with Crippen molar-refractivity contribution in [2.24, 2.45) is 0 Å². The van der Waals surface area contributed by atoms with Crippen molar-refractivity contribution in [3.8, 4) is 0 Å². The molecule has 0 spiro atoms. The molecule has 0 aliphatic heterocycles. The van der Waals surface area contributed by atoms with E-state index in [2.05, 4.69) is 12.3 Å². The Morgan fingerprint density at radius 2 is 2.12 bits per heavy atom. The van der Waals surface area contributed by atoms with E-state index in [0.29, 0.717) is 18.6 Å². The maximum absolute atomic E-state index is 11.6. The van der Waals surface area contributed by atoms with E-state index in [1.54, 1.807) is 6.08 Å². The largest absolute Gasteiger partial charge is 0.462 e. The average molecular weight is 220 g/mol. The van der Waals surface area contributed by atoms with Gasteiger partial charge >= 0.3 is 5.97 Å². The number of rotatable bonds is 4. The van der Waals surface area contributed by atoms with Crippen LogP contribution in [-0.2, 0) is 9.53 Å². The lowest BCUT2D eigenvalue weighted by atomic mass is 9.95. The zero-order valence-electron chi connectivity index (χ0n) is 10.1. The lowest BCUT2D eigenvalue weighted by molar-refractivity contribution is -0.138. The average Bonchev–Trinajstić information content (AvgIpc) is 2.30. The van der Waals surface area contributed by atoms with E-state index in [1.807, 2.05) is 6.92 Å². The van der Waals surface area contributed by atoms with Crippen LogP contribution in [0.25, 0.3) is 0 Å². The second-order valence-electron chi connectivity index (χ2n) is 3.98. The second kappa shape index (κ2) is 7.08. The van der Waals surface area contributed by atoms with E-state index in [4.69, 9.17) is 4.74 Å². The summed E-state index contributed by atoms with van der Waals surface area (Å²) in [5.74, 6) is -0.250. The van der Waals surface area contributed by atoms with Crippen molar-refractivity contribution in [3.05, 3.63) is 29.5 Å². The molecule has 2 nitrogen and oxygen atoms in total. The molecular formula is C14H20O2. The molecule has 0 aromatic carbocycles. The van der Waals surface area contributed by atoms with Crippen molar-refractivity contribution in [1.82, 2.24) is 0 Å². The molecule has 0 bridgehead atoms. The molecule has 1 aliphatic carbocycles. The Kier molecular flexibility index (Phi) is 5.66. The molecule has 0 atom stereocenters. The lowest BCUT2D eigenvalue weighted by Gasteiger charge is -2.11. The highest BCUT2D eigenvalue weighted by Gasteiger charge is 2.10. The molecule has 0 radical (unpaired) electrons. The predicted molar refractivity (Wildman–Crippen MR) is 65.1 cm³/mol. The van der Waals surface area contributed by atoms with Crippen LogP contribution < -0.4 is 0 Å². The molecule has 0 unspecified atom stereocenters. The first-order valence-electron chi connectivity index (χ1n) is 6.03. The van der Waals surface area contributed by atoms with Crippen LogP contribution in [0.3, 0.4) is 0 Å². The van der Waals surface area contributed by atoms with Gasteiger partial charge in [-0.1, -0.05) is 12.5 Å². The highest BCUT2D eigenvalue weighted by atomic mass is 16.5. The van der Waals surface area contributed by atoms with E-state index in [0.717, 1.165) is 12.8 Å². The van der Waals surface area contributed by atoms with Crippen molar-refractivity contribution in [2.75, 3.05) is 6.61 Å². The molecule has 1 fully saturated rings. The monoisotopic (exact) mass is 220 g/mol. The fourth-order valence-electron chi connectivity index (χ4n) is 1.86.